The molecule has 3 N–H and O–H groups in total. The average Bonchev–Trinajstić information content (AvgIpc) is 2.21. The lowest BCUT2D eigenvalue weighted by Crippen LogP contribution is -2.52. The molecule has 18 heavy (non-hydrogen) atoms. The van der Waals surface area contributed by atoms with Gasteiger partial charge < -0.3 is 15.7 Å². The van der Waals surface area contributed by atoms with Gasteiger partial charge in [0.05, 0.1) is 0 Å². The molecule has 5 heteroatoms. The van der Waals surface area contributed by atoms with Crippen molar-refractivity contribution in [3.8, 4) is 0 Å². The van der Waals surface area contributed by atoms with Crippen molar-refractivity contribution in [2.45, 2.75) is 58.5 Å². The van der Waals surface area contributed by atoms with Crippen LogP contribution in [0.1, 0.15) is 46.5 Å². The number of hydrogen-bond donors (Lipinski definition) is 3. The number of amides is 2. The van der Waals surface area contributed by atoms with E-state index in [1.807, 2.05) is 20.8 Å². The molecule has 1 saturated carbocycles. The van der Waals surface area contributed by atoms with Crippen LogP contribution in [-0.4, -0.2) is 29.2 Å². The topological polar surface area (TPSA) is 78.4 Å². The number of rotatable bonds is 6. The van der Waals surface area contributed by atoms with Gasteiger partial charge in [-0.05, 0) is 31.6 Å². The summed E-state index contributed by atoms with van der Waals surface area (Å²) in [5.41, 5.74) is 0. The summed E-state index contributed by atoms with van der Waals surface area (Å²) >= 11 is 0. The zero-order valence-electron chi connectivity index (χ0n) is 11.4. The van der Waals surface area contributed by atoms with E-state index < -0.39 is 12.0 Å². The minimum atomic E-state index is -0.976. The molecule has 2 amide bonds. The molecule has 104 valence electrons. The van der Waals surface area contributed by atoms with Crippen LogP contribution in [0.2, 0.25) is 0 Å². The molecule has 3 unspecified atom stereocenters. The quantitative estimate of drug-likeness (QED) is 0.680. The van der Waals surface area contributed by atoms with E-state index in [1.54, 1.807) is 0 Å². The van der Waals surface area contributed by atoms with Crippen LogP contribution in [0.4, 0.5) is 4.79 Å². The second-order valence-corrected chi connectivity index (χ2v) is 5.30. The van der Waals surface area contributed by atoms with Gasteiger partial charge in [0.2, 0.25) is 0 Å². The molecule has 0 aliphatic heterocycles. The van der Waals surface area contributed by atoms with Crippen LogP contribution in [0.5, 0.6) is 0 Å². The predicted octanol–water partition coefficient (Wildman–Crippen LogP) is 1.97. The third kappa shape index (κ3) is 3.89. The van der Waals surface area contributed by atoms with E-state index in [0.29, 0.717) is 5.92 Å². The summed E-state index contributed by atoms with van der Waals surface area (Å²) in [5.74, 6) is -0.509. The Balaban J connectivity index is 2.42. The lowest BCUT2D eigenvalue weighted by atomic mass is 9.80. The van der Waals surface area contributed by atoms with Crippen molar-refractivity contribution in [3.63, 3.8) is 0 Å². The van der Waals surface area contributed by atoms with Gasteiger partial charge in [0.15, 0.2) is 0 Å². The molecule has 3 atom stereocenters. The monoisotopic (exact) mass is 256 g/mol. The molecular weight excluding hydrogens is 232 g/mol. The van der Waals surface area contributed by atoms with Gasteiger partial charge in [-0.3, -0.25) is 0 Å². The van der Waals surface area contributed by atoms with Crippen LogP contribution in [0.3, 0.4) is 0 Å². The van der Waals surface area contributed by atoms with Gasteiger partial charge in [0.25, 0.3) is 0 Å². The molecule has 1 aliphatic carbocycles. The minimum absolute atomic E-state index is 0.0766. The second-order valence-electron chi connectivity index (χ2n) is 5.30. The summed E-state index contributed by atoms with van der Waals surface area (Å²) in [6.07, 6.45) is 4.24. The molecule has 0 aromatic rings. The number of carbonyl (C=O) groups excluding carboxylic acids is 1. The van der Waals surface area contributed by atoms with Crippen molar-refractivity contribution in [2.24, 2.45) is 11.8 Å². The van der Waals surface area contributed by atoms with E-state index in [9.17, 15) is 9.59 Å². The van der Waals surface area contributed by atoms with Crippen molar-refractivity contribution in [1.82, 2.24) is 10.6 Å². The molecule has 0 radical (unpaired) electrons. The SMILES string of the molecule is CCC(C)C(NC(=O)NC(C)C1CCC1)C(=O)O. The summed E-state index contributed by atoms with van der Waals surface area (Å²) in [7, 11) is 0. The van der Waals surface area contributed by atoms with Crippen LogP contribution in [0.25, 0.3) is 0 Å². The van der Waals surface area contributed by atoms with E-state index in [-0.39, 0.29) is 18.0 Å². The van der Waals surface area contributed by atoms with Crippen LogP contribution in [0.15, 0.2) is 0 Å². The number of nitrogens with one attached hydrogen (secondary N) is 2. The van der Waals surface area contributed by atoms with Crippen molar-refractivity contribution >= 4 is 12.0 Å². The first-order valence-electron chi connectivity index (χ1n) is 6.75. The van der Waals surface area contributed by atoms with E-state index in [1.165, 1.54) is 6.42 Å². The van der Waals surface area contributed by atoms with Gasteiger partial charge in [-0.25, -0.2) is 9.59 Å². The predicted molar refractivity (Wildman–Crippen MR) is 69.3 cm³/mol. The van der Waals surface area contributed by atoms with Gasteiger partial charge in [0.1, 0.15) is 6.04 Å². The van der Waals surface area contributed by atoms with Crippen molar-refractivity contribution in [3.05, 3.63) is 0 Å². The van der Waals surface area contributed by atoms with Crippen LogP contribution >= 0.6 is 0 Å². The molecule has 1 fully saturated rings. The number of carbonyl (C=O) groups is 2. The maximum absolute atomic E-state index is 11.7. The zero-order chi connectivity index (χ0) is 13.7. The highest BCUT2D eigenvalue weighted by Crippen LogP contribution is 2.29. The highest BCUT2D eigenvalue weighted by Gasteiger charge is 2.28. The molecule has 5 nitrogen and oxygen atoms in total. The normalized spacial score (nSPS) is 20.4. The Bertz CT molecular complexity index is 303. The van der Waals surface area contributed by atoms with E-state index in [4.69, 9.17) is 5.11 Å². The van der Waals surface area contributed by atoms with Gasteiger partial charge in [-0.2, -0.15) is 0 Å². The number of carboxylic acids is 1. The number of aliphatic carboxylic acids is 1. The molecular formula is C13H24N2O3. The Labute approximate surface area is 108 Å². The summed E-state index contributed by atoms with van der Waals surface area (Å²) in [4.78, 5) is 22.8. The third-order valence-electron chi connectivity index (χ3n) is 3.98. The van der Waals surface area contributed by atoms with Crippen LogP contribution in [0, 0.1) is 11.8 Å². The maximum atomic E-state index is 11.7. The van der Waals surface area contributed by atoms with Crippen molar-refractivity contribution in [1.29, 1.82) is 0 Å². The Kier molecular flexibility index (Phi) is 5.44. The van der Waals surface area contributed by atoms with Crippen molar-refractivity contribution in [2.75, 3.05) is 0 Å². The Morgan fingerprint density at radius 3 is 2.28 bits per heavy atom. The summed E-state index contributed by atoms with van der Waals surface area (Å²) in [6.45, 7) is 5.72. The first-order chi connectivity index (χ1) is 8.45. The molecule has 0 spiro atoms. The fourth-order valence-electron chi connectivity index (χ4n) is 2.13. The van der Waals surface area contributed by atoms with Gasteiger partial charge in [0, 0.05) is 6.04 Å². The first-order valence-corrected chi connectivity index (χ1v) is 6.75. The highest BCUT2D eigenvalue weighted by atomic mass is 16.4. The molecule has 0 heterocycles. The average molecular weight is 256 g/mol. The Morgan fingerprint density at radius 2 is 1.89 bits per heavy atom. The molecule has 1 rings (SSSR count). The lowest BCUT2D eigenvalue weighted by Gasteiger charge is -2.32. The zero-order valence-corrected chi connectivity index (χ0v) is 11.4. The number of hydrogen-bond acceptors (Lipinski definition) is 2. The molecule has 1 aliphatic rings. The Hall–Kier alpha value is -1.26. The van der Waals surface area contributed by atoms with Gasteiger partial charge in [-0.15, -0.1) is 0 Å². The number of urea groups is 1. The van der Waals surface area contributed by atoms with E-state index in [2.05, 4.69) is 10.6 Å². The highest BCUT2D eigenvalue weighted by molar-refractivity contribution is 5.82. The second kappa shape index (κ2) is 6.61. The fourth-order valence-corrected chi connectivity index (χ4v) is 2.13. The van der Waals surface area contributed by atoms with Crippen molar-refractivity contribution < 1.29 is 14.7 Å². The van der Waals surface area contributed by atoms with E-state index >= 15 is 0 Å². The molecule has 0 aromatic heterocycles. The van der Waals surface area contributed by atoms with Crippen LogP contribution < -0.4 is 10.6 Å². The van der Waals surface area contributed by atoms with Crippen LogP contribution in [-0.2, 0) is 4.79 Å². The smallest absolute Gasteiger partial charge is 0.326 e. The Morgan fingerprint density at radius 1 is 1.28 bits per heavy atom. The minimum Gasteiger partial charge on any atom is -0.480 e. The van der Waals surface area contributed by atoms with E-state index in [0.717, 1.165) is 19.3 Å². The molecule has 0 bridgehead atoms. The maximum Gasteiger partial charge on any atom is 0.326 e. The van der Waals surface area contributed by atoms with Gasteiger partial charge in [-0.1, -0.05) is 26.7 Å². The fraction of sp³-hybridized carbons (Fsp3) is 0.846. The third-order valence-corrected chi connectivity index (χ3v) is 3.98. The summed E-state index contributed by atoms with van der Waals surface area (Å²) in [5, 5.41) is 14.5. The van der Waals surface area contributed by atoms with Gasteiger partial charge >= 0.3 is 12.0 Å². The summed E-state index contributed by atoms with van der Waals surface area (Å²) < 4.78 is 0. The standard InChI is InChI=1S/C13H24N2O3/c1-4-8(2)11(12(16)17)15-13(18)14-9(3)10-6-5-7-10/h8-11H,4-7H2,1-3H3,(H,16,17)(H2,14,15,18). The molecule has 0 saturated heterocycles. The lowest BCUT2D eigenvalue weighted by molar-refractivity contribution is -0.140. The largest absolute Gasteiger partial charge is 0.480 e. The summed E-state index contributed by atoms with van der Waals surface area (Å²) in [6, 6.07) is -1.07. The number of carboxylic acid groups (broad SMARTS) is 1. The first kappa shape index (κ1) is 14.8. The molecule has 0 aromatic carbocycles.